The molecule has 0 saturated heterocycles. The smallest absolute Gasteiger partial charge is 0.220 e. The van der Waals surface area contributed by atoms with Crippen molar-refractivity contribution in [3.63, 3.8) is 0 Å². The summed E-state index contributed by atoms with van der Waals surface area (Å²) in [5.41, 5.74) is 14.9. The molecule has 0 fully saturated rings. The molecule has 7 heteroatoms. The molecule has 134 valence electrons. The highest BCUT2D eigenvalue weighted by Gasteiger charge is 2.17. The Morgan fingerprint density at radius 2 is 1.81 bits per heavy atom. The first-order valence-corrected chi connectivity index (χ1v) is 8.35. The maximum atomic E-state index is 14.8. The van der Waals surface area contributed by atoms with E-state index in [1.165, 1.54) is 6.07 Å². The topological polar surface area (TPSA) is 102 Å². The van der Waals surface area contributed by atoms with Crippen LogP contribution in [0.3, 0.4) is 0 Å². The van der Waals surface area contributed by atoms with Crippen LogP contribution in [0.25, 0.3) is 22.4 Å². The van der Waals surface area contributed by atoms with Crippen LogP contribution in [0.1, 0.15) is 11.6 Å². The molecule has 1 aromatic heterocycles. The molecule has 1 unspecified atom stereocenters. The zero-order chi connectivity index (χ0) is 18.8. The monoisotopic (exact) mass is 360 g/mol. The minimum absolute atomic E-state index is 0.193. The molecule has 0 bridgehead atoms. The van der Waals surface area contributed by atoms with Crippen molar-refractivity contribution in [1.29, 1.82) is 0 Å². The van der Waals surface area contributed by atoms with Gasteiger partial charge in [-0.2, -0.15) is 0 Å². The van der Waals surface area contributed by atoms with Crippen LogP contribution in [-0.2, 0) is 0 Å². The van der Waals surface area contributed by atoms with Crippen molar-refractivity contribution in [1.82, 2.24) is 15.3 Å². The molecule has 1 aliphatic heterocycles. The molecule has 0 saturated carbocycles. The molecule has 27 heavy (non-hydrogen) atoms. The van der Waals surface area contributed by atoms with Gasteiger partial charge in [-0.3, -0.25) is 0 Å². The van der Waals surface area contributed by atoms with Crippen molar-refractivity contribution in [2.75, 3.05) is 5.73 Å². The van der Waals surface area contributed by atoms with Crippen LogP contribution >= 0.6 is 0 Å². The second-order valence-corrected chi connectivity index (χ2v) is 6.07. The van der Waals surface area contributed by atoms with Gasteiger partial charge in [-0.25, -0.2) is 19.4 Å². The summed E-state index contributed by atoms with van der Waals surface area (Å²) in [6.45, 7) is 0. The summed E-state index contributed by atoms with van der Waals surface area (Å²) >= 11 is 0. The van der Waals surface area contributed by atoms with E-state index in [-0.39, 0.29) is 17.8 Å². The van der Waals surface area contributed by atoms with E-state index >= 15 is 0 Å². The number of rotatable bonds is 3. The van der Waals surface area contributed by atoms with Crippen molar-refractivity contribution in [3.05, 3.63) is 78.1 Å². The largest absolute Gasteiger partial charge is 0.383 e. The first-order valence-electron chi connectivity index (χ1n) is 8.35. The maximum Gasteiger partial charge on any atom is 0.220 e. The molecule has 0 spiro atoms. The van der Waals surface area contributed by atoms with Crippen LogP contribution in [0.5, 0.6) is 0 Å². The average Bonchev–Trinajstić information content (AvgIpc) is 2.69. The van der Waals surface area contributed by atoms with Gasteiger partial charge in [-0.05, 0) is 23.3 Å². The second-order valence-electron chi connectivity index (χ2n) is 6.07. The lowest BCUT2D eigenvalue weighted by Gasteiger charge is -2.18. The molecular formula is C20H17FN6. The number of anilines is 1. The number of nitrogens with one attached hydrogen (secondary N) is 1. The third kappa shape index (κ3) is 3.35. The van der Waals surface area contributed by atoms with Gasteiger partial charge in [-0.15, -0.1) is 0 Å². The summed E-state index contributed by atoms with van der Waals surface area (Å²) in [6.07, 6.45) is 4.75. The van der Waals surface area contributed by atoms with Gasteiger partial charge in [0, 0.05) is 29.7 Å². The van der Waals surface area contributed by atoms with Gasteiger partial charge < -0.3 is 16.8 Å². The summed E-state index contributed by atoms with van der Waals surface area (Å²) in [4.78, 5) is 12.2. The van der Waals surface area contributed by atoms with Crippen LogP contribution in [0.4, 0.5) is 10.3 Å². The number of halogens is 1. The minimum Gasteiger partial charge on any atom is -0.383 e. The lowest BCUT2D eigenvalue weighted by atomic mass is 9.95. The fraction of sp³-hybridized carbons (Fsp3) is 0.0500. The predicted molar refractivity (Wildman–Crippen MR) is 104 cm³/mol. The van der Waals surface area contributed by atoms with Crippen molar-refractivity contribution in [3.8, 4) is 22.4 Å². The first-order chi connectivity index (χ1) is 13.1. The Bertz CT molecular complexity index is 1060. The molecule has 1 aliphatic rings. The van der Waals surface area contributed by atoms with Gasteiger partial charge in [0.05, 0.1) is 11.7 Å². The molecule has 0 amide bonds. The Labute approximate surface area is 155 Å². The summed E-state index contributed by atoms with van der Waals surface area (Å²) in [6, 6.07) is 14.2. The molecule has 4 rings (SSSR count). The van der Waals surface area contributed by atoms with Gasteiger partial charge in [0.15, 0.2) is 0 Å². The summed E-state index contributed by atoms with van der Waals surface area (Å²) in [5, 5.41) is 3.02. The molecule has 3 aromatic rings. The van der Waals surface area contributed by atoms with Crippen molar-refractivity contribution >= 4 is 12.2 Å². The van der Waals surface area contributed by atoms with Gasteiger partial charge in [-0.1, -0.05) is 36.4 Å². The number of hydrogen-bond acceptors (Lipinski definition) is 6. The van der Waals surface area contributed by atoms with Crippen molar-refractivity contribution in [2.45, 2.75) is 6.04 Å². The normalized spacial score (nSPS) is 15.9. The number of aliphatic imine (C=N–C) groups is 1. The second kappa shape index (κ2) is 6.87. The number of nitrogen functional groups attached to an aromatic ring is 1. The van der Waals surface area contributed by atoms with Gasteiger partial charge in [0.25, 0.3) is 0 Å². The van der Waals surface area contributed by atoms with Gasteiger partial charge in [0.2, 0.25) is 5.95 Å². The molecule has 5 N–H and O–H groups in total. The Balaban J connectivity index is 1.73. The third-order valence-corrected chi connectivity index (χ3v) is 4.31. The Kier molecular flexibility index (Phi) is 4.25. The molecule has 2 heterocycles. The highest BCUT2D eigenvalue weighted by Crippen LogP contribution is 2.32. The molecule has 1 atom stereocenters. The number of hydrogen-bond donors (Lipinski definition) is 3. The quantitative estimate of drug-likeness (QED) is 0.666. The third-order valence-electron chi connectivity index (χ3n) is 4.31. The van der Waals surface area contributed by atoms with Crippen LogP contribution in [0, 0.1) is 5.82 Å². The van der Waals surface area contributed by atoms with Crippen molar-refractivity contribution in [2.24, 2.45) is 10.7 Å². The number of nitrogens with zero attached hydrogens (tertiary/aromatic N) is 3. The minimum atomic E-state index is -0.358. The summed E-state index contributed by atoms with van der Waals surface area (Å²) < 4.78 is 14.8. The fourth-order valence-electron chi connectivity index (χ4n) is 3.02. The number of nitrogens with two attached hydrogens (primary N) is 2. The van der Waals surface area contributed by atoms with E-state index in [4.69, 9.17) is 11.5 Å². The first kappa shape index (κ1) is 16.7. The van der Waals surface area contributed by atoms with E-state index < -0.39 is 0 Å². The highest BCUT2D eigenvalue weighted by atomic mass is 19.1. The Morgan fingerprint density at radius 3 is 2.52 bits per heavy atom. The Morgan fingerprint density at radius 1 is 1.00 bits per heavy atom. The van der Waals surface area contributed by atoms with E-state index in [2.05, 4.69) is 20.3 Å². The van der Waals surface area contributed by atoms with Gasteiger partial charge in [0.1, 0.15) is 11.6 Å². The molecular weight excluding hydrogens is 343 g/mol. The van der Waals surface area contributed by atoms with E-state index in [0.717, 1.165) is 16.7 Å². The van der Waals surface area contributed by atoms with E-state index in [1.807, 2.05) is 30.3 Å². The van der Waals surface area contributed by atoms with Crippen LogP contribution in [0.15, 0.2) is 71.7 Å². The van der Waals surface area contributed by atoms with E-state index in [9.17, 15) is 4.39 Å². The molecule has 0 radical (unpaired) electrons. The number of benzene rings is 2. The van der Waals surface area contributed by atoms with Gasteiger partial charge >= 0.3 is 0 Å². The fourth-order valence-corrected chi connectivity index (χ4v) is 3.02. The standard InChI is InChI=1S/C20H17FN6/c21-16-9-12(5-6-15(16)18-10-26-19(22)11-25-18)13-3-1-2-4-14(13)17-7-8-24-20(23)27-17/h1-11,18,25H,22H2,(H2,23,24,27). The Hall–Kier alpha value is -3.74. The summed E-state index contributed by atoms with van der Waals surface area (Å²) in [7, 11) is 0. The predicted octanol–water partition coefficient (Wildman–Crippen LogP) is 3.00. The highest BCUT2D eigenvalue weighted by molar-refractivity contribution is 5.82. The zero-order valence-corrected chi connectivity index (χ0v) is 14.3. The maximum absolute atomic E-state index is 14.8. The molecule has 2 aromatic carbocycles. The zero-order valence-electron chi connectivity index (χ0n) is 14.3. The van der Waals surface area contributed by atoms with Crippen molar-refractivity contribution < 1.29 is 4.39 Å². The van der Waals surface area contributed by atoms with Crippen LogP contribution < -0.4 is 16.8 Å². The molecule has 0 aliphatic carbocycles. The lowest BCUT2D eigenvalue weighted by molar-refractivity contribution is 0.595. The van der Waals surface area contributed by atoms with E-state index in [0.29, 0.717) is 17.1 Å². The summed E-state index contributed by atoms with van der Waals surface area (Å²) in [5.74, 6) is 0.225. The van der Waals surface area contributed by atoms with Crippen LogP contribution in [0.2, 0.25) is 0 Å². The molecule has 6 nitrogen and oxygen atoms in total. The van der Waals surface area contributed by atoms with Crippen LogP contribution in [-0.4, -0.2) is 16.2 Å². The lowest BCUT2D eigenvalue weighted by Crippen LogP contribution is -2.23. The average molecular weight is 360 g/mol. The SMILES string of the molecule is NC1=CNC(c2ccc(-c3ccccc3-c3ccnc(N)n3)cc2F)C=N1. The van der Waals surface area contributed by atoms with E-state index in [1.54, 1.807) is 30.7 Å². The number of aromatic nitrogens is 2.